The van der Waals surface area contributed by atoms with Crippen molar-refractivity contribution in [3.8, 4) is 11.1 Å². The van der Waals surface area contributed by atoms with Gasteiger partial charge in [0.2, 0.25) is 0 Å². The van der Waals surface area contributed by atoms with Crippen LogP contribution in [0.25, 0.3) is 81.8 Å². The number of hydrogen-bond acceptors (Lipinski definition) is 11. The molecule has 0 saturated heterocycles. The molecule has 0 aliphatic carbocycles. The van der Waals surface area contributed by atoms with Gasteiger partial charge in [-0.2, -0.15) is 28.7 Å². The third-order valence-corrected chi connectivity index (χ3v) is 11.5. The molecule has 13 nitrogen and oxygen atoms in total. The number of nitrogens with zero attached hydrogens (tertiary/aromatic N) is 5. The van der Waals surface area contributed by atoms with Gasteiger partial charge in [-0.25, -0.2) is 15.4 Å². The maximum atomic E-state index is 11.7. The fourth-order valence-electron chi connectivity index (χ4n) is 8.62. The van der Waals surface area contributed by atoms with Gasteiger partial charge in [-0.15, -0.1) is 10.7 Å². The van der Waals surface area contributed by atoms with E-state index in [0.717, 1.165) is 82.6 Å². The van der Waals surface area contributed by atoms with Gasteiger partial charge in [0, 0.05) is 63.5 Å². The number of amidine groups is 1. The number of hydrogen-bond donors (Lipinski definition) is 5. The molecule has 75 heavy (non-hydrogen) atoms. The Labute approximate surface area is 441 Å². The molecule has 0 saturated carbocycles. The van der Waals surface area contributed by atoms with Gasteiger partial charge in [0.1, 0.15) is 11.4 Å². The van der Waals surface area contributed by atoms with Crippen LogP contribution in [-0.2, 0) is 24.9 Å². The molecule has 0 amide bonds. The summed E-state index contributed by atoms with van der Waals surface area (Å²) in [7, 11) is -3.67. The van der Waals surface area contributed by atoms with Crippen LogP contribution in [0, 0.1) is 12.8 Å². The number of H-pyrrole nitrogens is 1. The summed E-state index contributed by atoms with van der Waals surface area (Å²) in [6.45, 7) is 1.61. The number of para-hydroxylation sites is 4. The zero-order valence-electron chi connectivity index (χ0n) is 37.9. The van der Waals surface area contributed by atoms with E-state index in [9.17, 15) is 17.7 Å². The summed E-state index contributed by atoms with van der Waals surface area (Å²) in [5.74, 6) is 4.82. The van der Waals surface area contributed by atoms with Gasteiger partial charge in [0.05, 0.1) is 10.9 Å². The van der Waals surface area contributed by atoms with Crippen molar-refractivity contribution in [2.45, 2.75) is 14.9 Å². The van der Waals surface area contributed by atoms with Gasteiger partial charge in [-0.05, 0) is 47.8 Å². The van der Waals surface area contributed by atoms with Crippen LogP contribution >= 0.6 is 0 Å². The predicted molar refractivity (Wildman–Crippen MR) is 285 cm³/mol. The summed E-state index contributed by atoms with van der Waals surface area (Å²) in [6, 6.07) is 65.2. The van der Waals surface area contributed by atoms with Crippen molar-refractivity contribution in [3.63, 3.8) is 0 Å². The first-order valence-electron chi connectivity index (χ1n) is 21.8. The molecule has 2 aliphatic rings. The van der Waals surface area contributed by atoms with E-state index < -0.39 is 7.54 Å². The van der Waals surface area contributed by atoms with Crippen molar-refractivity contribution in [2.24, 2.45) is 11.1 Å². The standard InChI is InChI=1S/C14H9N2O.C14H8N2O.C13H10N2O.C13H9NO.2CH4.BF3.FH.Ir.H3NO/c2*1-2-7-12-10(5-1)11-6-3-4-8-13(11)16-9-17-15-14(12)16;16-15-13-11-7-2-1-5-9(11)10-6-3-4-8-12(10)14-13;15-13-11-7-2-1-5-9(11)10-6-3-4-8-12(10)14-13;;;2-1(3)4;;;1-2/h1-9H;1-7,9H;1-8,16H,(H,14,15);1-8H,(H,14,15);2*1H4;;1H;;2H,1H2/q+1;-2;;;;;;;;/p-1. The number of anilines is 2. The van der Waals surface area contributed by atoms with Crippen molar-refractivity contribution in [1.29, 1.82) is 0 Å². The molecule has 0 atom stereocenters. The van der Waals surface area contributed by atoms with E-state index in [4.69, 9.17) is 19.8 Å². The van der Waals surface area contributed by atoms with E-state index in [1.165, 1.54) is 16.3 Å². The largest absolute Gasteiger partial charge is 1.00 e. The number of nitrogens with two attached hydrogens (primary N) is 1. The van der Waals surface area contributed by atoms with E-state index >= 15 is 0 Å². The second-order valence-corrected chi connectivity index (χ2v) is 15.5. The molecule has 14 rings (SSSR count). The quantitative estimate of drug-likeness (QED) is 0.0265. The van der Waals surface area contributed by atoms with Crippen molar-refractivity contribution < 1.29 is 61.9 Å². The van der Waals surface area contributed by atoms with Gasteiger partial charge in [-0.1, -0.05) is 166 Å². The van der Waals surface area contributed by atoms with Gasteiger partial charge in [0.15, 0.2) is 11.0 Å². The first-order chi connectivity index (χ1) is 34.9. The van der Waals surface area contributed by atoms with Crippen molar-refractivity contribution >= 4 is 95.6 Å². The number of oxime groups is 1. The molecule has 19 heteroatoms. The Hall–Kier alpha value is -8.58. The van der Waals surface area contributed by atoms with Crippen molar-refractivity contribution in [2.75, 3.05) is 10.4 Å². The van der Waals surface area contributed by atoms with Crippen LogP contribution in [0.5, 0.6) is 0 Å². The molecule has 6 heterocycles. The zero-order valence-corrected chi connectivity index (χ0v) is 40.3. The van der Waals surface area contributed by atoms with E-state index in [2.05, 4.69) is 86.3 Å². The molecule has 0 unspecified atom stereocenters. The number of aromatic amines is 1. The fourth-order valence-corrected chi connectivity index (χ4v) is 8.62. The average molecular weight is 1190 g/mol. The minimum atomic E-state index is -3.67. The molecule has 4 aromatic heterocycles. The molecule has 0 fully saturated rings. The minimum Gasteiger partial charge on any atom is -1.00 e. The number of aromatic nitrogens is 4. The smallest absolute Gasteiger partial charge is 0.762 e. The third-order valence-electron chi connectivity index (χ3n) is 11.5. The normalized spacial score (nSPS) is 11.1. The molecule has 383 valence electrons. The molecule has 2 aliphatic heterocycles. The first kappa shape index (κ1) is 57.3. The topological polar surface area (TPSA) is 179 Å². The summed E-state index contributed by atoms with van der Waals surface area (Å²) in [5.41, 5.74) is 10.3. The Morgan fingerprint density at radius 3 is 1.83 bits per heavy atom. The van der Waals surface area contributed by atoms with Crippen LogP contribution in [-0.4, -0.2) is 38.9 Å². The Morgan fingerprint density at radius 1 is 0.640 bits per heavy atom. The molecule has 1 radical (unpaired) electrons. The molecule has 8 aromatic carbocycles. The van der Waals surface area contributed by atoms with E-state index in [-0.39, 0.29) is 45.2 Å². The molecular formula is C56H47BF4IrN8O5-2. The van der Waals surface area contributed by atoms with Crippen LogP contribution < -0.4 is 30.9 Å². The Morgan fingerprint density at radius 2 is 1.15 bits per heavy atom. The van der Waals surface area contributed by atoms with E-state index in [0.29, 0.717) is 5.82 Å². The minimum absolute atomic E-state index is 0. The monoisotopic (exact) mass is 1190 g/mol. The molecular weight excluding hydrogens is 1140 g/mol. The second-order valence-electron chi connectivity index (χ2n) is 15.5. The Bertz CT molecular complexity index is 3870. The molecule has 6 N–H and O–H groups in total. The van der Waals surface area contributed by atoms with Crippen molar-refractivity contribution in [1.82, 2.24) is 15.1 Å². The Kier molecular flexibility index (Phi) is 20.2. The number of nitrogens with one attached hydrogen (secondary N) is 2. The Balaban J connectivity index is 0.000000176. The summed E-state index contributed by atoms with van der Waals surface area (Å²) in [6.07, 6.45) is 1.64. The van der Waals surface area contributed by atoms with Crippen LogP contribution in [0.4, 0.5) is 24.5 Å². The SMILES string of the molecule is C.C.FB(F)F.NO.O=c1[nH]c2ccccc2c2ccccc12.ONc1nc2ccccc2c2ccccc12.[F-].[Ir].[c-]1cccc2c1N1[CH-]ON=C1c1ccccc1-2.c1ccc2c(c1)c1ccccc1[n+]1conc21. The maximum Gasteiger partial charge on any atom is 0.762 e. The summed E-state index contributed by atoms with van der Waals surface area (Å²) in [4.78, 5) is 26.0. The molecule has 0 spiro atoms. The van der Waals surface area contributed by atoms with Crippen molar-refractivity contribution in [3.05, 3.63) is 223 Å². The molecule has 0 bridgehead atoms. The number of halogens is 4. The third kappa shape index (κ3) is 11.8. The fraction of sp³-hybridized carbons (Fsp3) is 0.0357. The maximum absolute atomic E-state index is 11.7. The number of benzene rings is 8. The summed E-state index contributed by atoms with van der Waals surface area (Å²) < 4.78 is 36.1. The molecule has 12 aromatic rings. The second kappa shape index (κ2) is 26.4. The summed E-state index contributed by atoms with van der Waals surface area (Å²) >= 11 is 0. The van der Waals surface area contributed by atoms with Gasteiger partial charge < -0.3 is 24.6 Å². The van der Waals surface area contributed by atoms with Crippen LogP contribution in [0.3, 0.4) is 0 Å². The van der Waals surface area contributed by atoms with E-state index in [1.807, 2.05) is 149 Å². The first-order valence-corrected chi connectivity index (χ1v) is 21.8. The predicted octanol–water partition coefficient (Wildman–Crippen LogP) is 9.86. The number of pyridine rings is 3. The van der Waals surface area contributed by atoms with Gasteiger partial charge >= 0.3 is 19.6 Å². The number of fused-ring (bicyclic) bond motifs is 18. The van der Waals surface area contributed by atoms with Crippen LogP contribution in [0.1, 0.15) is 20.4 Å². The summed E-state index contributed by atoms with van der Waals surface area (Å²) in [5, 5.41) is 33.2. The zero-order chi connectivity index (χ0) is 49.3. The number of rotatable bonds is 1. The van der Waals surface area contributed by atoms with E-state index in [1.54, 1.807) is 13.1 Å². The average Bonchev–Trinajstić information content (AvgIpc) is 4.15. The van der Waals surface area contributed by atoms with Gasteiger partial charge in [-0.3, -0.25) is 28.4 Å². The van der Waals surface area contributed by atoms with Crippen LogP contribution in [0.15, 0.2) is 209 Å². The van der Waals surface area contributed by atoms with Gasteiger partial charge in [0.25, 0.3) is 5.56 Å². The van der Waals surface area contributed by atoms with Crippen LogP contribution in [0.2, 0.25) is 0 Å².